The lowest BCUT2D eigenvalue weighted by atomic mass is 9.94. The molecule has 0 aliphatic carbocycles. The summed E-state index contributed by atoms with van der Waals surface area (Å²) in [6.45, 7) is 9.10. The van der Waals surface area contributed by atoms with Crippen LogP contribution in [0.5, 0.6) is 0 Å². The third-order valence-corrected chi connectivity index (χ3v) is 2.71. The second-order valence-corrected chi connectivity index (χ2v) is 4.69. The van der Waals surface area contributed by atoms with E-state index in [0.29, 0.717) is 17.7 Å². The fourth-order valence-corrected chi connectivity index (χ4v) is 1.90. The summed E-state index contributed by atoms with van der Waals surface area (Å²) in [5.41, 5.74) is 0.334. The Morgan fingerprint density at radius 2 is 1.64 bits per heavy atom. The maximum absolute atomic E-state index is 5.56. The van der Waals surface area contributed by atoms with Gasteiger partial charge in [-0.05, 0) is 20.8 Å². The SMILES string of the molecule is CC(C)(C)N1CC2C[C@@H](C1)O2. The van der Waals surface area contributed by atoms with Crippen molar-refractivity contribution >= 4 is 0 Å². The van der Waals surface area contributed by atoms with Crippen LogP contribution >= 0.6 is 0 Å². The molecule has 3 fully saturated rings. The Kier molecular flexibility index (Phi) is 1.52. The molecule has 0 aromatic rings. The normalized spacial score (nSPS) is 38.5. The molecule has 2 atom stereocenters. The van der Waals surface area contributed by atoms with Gasteiger partial charge in [0.15, 0.2) is 0 Å². The monoisotopic (exact) mass is 155 g/mol. The summed E-state index contributed by atoms with van der Waals surface area (Å²) in [5, 5.41) is 0. The Balaban J connectivity index is 1.97. The lowest BCUT2D eigenvalue weighted by molar-refractivity contribution is -0.195. The van der Waals surface area contributed by atoms with Gasteiger partial charge in [-0.25, -0.2) is 0 Å². The van der Waals surface area contributed by atoms with E-state index in [1.54, 1.807) is 0 Å². The lowest BCUT2D eigenvalue weighted by Crippen LogP contribution is -2.61. The zero-order valence-electron chi connectivity index (χ0n) is 7.63. The molecule has 0 saturated carbocycles. The van der Waals surface area contributed by atoms with E-state index in [1.165, 1.54) is 6.42 Å². The summed E-state index contributed by atoms with van der Waals surface area (Å²) in [6, 6.07) is 0. The van der Waals surface area contributed by atoms with Gasteiger partial charge in [0, 0.05) is 25.0 Å². The van der Waals surface area contributed by atoms with Crippen molar-refractivity contribution in [2.24, 2.45) is 0 Å². The number of hydrogen-bond donors (Lipinski definition) is 0. The molecule has 0 aromatic carbocycles. The minimum absolute atomic E-state index is 0.334. The molecular weight excluding hydrogens is 138 g/mol. The number of nitrogens with zero attached hydrogens (tertiary/aromatic N) is 1. The molecule has 0 aromatic heterocycles. The number of rotatable bonds is 0. The van der Waals surface area contributed by atoms with Gasteiger partial charge in [-0.15, -0.1) is 0 Å². The molecule has 3 rings (SSSR count). The first-order valence-corrected chi connectivity index (χ1v) is 4.46. The van der Waals surface area contributed by atoms with Gasteiger partial charge in [0.1, 0.15) is 0 Å². The van der Waals surface area contributed by atoms with Crippen LogP contribution in [0, 0.1) is 0 Å². The zero-order valence-corrected chi connectivity index (χ0v) is 7.63. The van der Waals surface area contributed by atoms with Crippen LogP contribution in [0.3, 0.4) is 0 Å². The predicted molar refractivity (Wildman–Crippen MR) is 44.6 cm³/mol. The average Bonchev–Trinajstić information content (AvgIpc) is 1.84. The van der Waals surface area contributed by atoms with E-state index >= 15 is 0 Å². The third kappa shape index (κ3) is 1.30. The number of morpholine rings is 1. The molecule has 3 saturated heterocycles. The van der Waals surface area contributed by atoms with Crippen molar-refractivity contribution in [1.29, 1.82) is 0 Å². The Morgan fingerprint density at radius 3 is 1.91 bits per heavy atom. The van der Waals surface area contributed by atoms with Crippen LogP contribution in [0.1, 0.15) is 27.2 Å². The highest BCUT2D eigenvalue weighted by atomic mass is 16.5. The van der Waals surface area contributed by atoms with Crippen molar-refractivity contribution in [3.05, 3.63) is 0 Å². The highest BCUT2D eigenvalue weighted by Crippen LogP contribution is 2.31. The Morgan fingerprint density at radius 1 is 1.18 bits per heavy atom. The molecule has 64 valence electrons. The summed E-state index contributed by atoms with van der Waals surface area (Å²) in [5.74, 6) is 0. The molecule has 0 N–H and O–H groups in total. The molecular formula is C9H17NO. The van der Waals surface area contributed by atoms with Crippen LogP contribution < -0.4 is 0 Å². The van der Waals surface area contributed by atoms with Crippen molar-refractivity contribution in [1.82, 2.24) is 4.90 Å². The molecule has 0 spiro atoms. The fourth-order valence-electron chi connectivity index (χ4n) is 1.90. The molecule has 1 unspecified atom stereocenters. The first-order valence-electron chi connectivity index (χ1n) is 4.46. The molecule has 2 nitrogen and oxygen atoms in total. The highest BCUT2D eigenvalue weighted by Gasteiger charge is 2.41. The second kappa shape index (κ2) is 2.20. The van der Waals surface area contributed by atoms with Crippen molar-refractivity contribution in [2.45, 2.75) is 44.9 Å². The number of fused-ring (bicyclic) bond motifs is 2. The molecule has 2 bridgehead atoms. The minimum atomic E-state index is 0.334. The first kappa shape index (κ1) is 7.56. The van der Waals surface area contributed by atoms with Crippen LogP contribution in [-0.2, 0) is 4.74 Å². The van der Waals surface area contributed by atoms with Gasteiger partial charge in [-0.3, -0.25) is 4.90 Å². The quantitative estimate of drug-likeness (QED) is 0.522. The fraction of sp³-hybridized carbons (Fsp3) is 1.00. The van der Waals surface area contributed by atoms with E-state index in [2.05, 4.69) is 25.7 Å². The van der Waals surface area contributed by atoms with Crippen molar-refractivity contribution < 1.29 is 4.74 Å². The number of ether oxygens (including phenoxy) is 1. The van der Waals surface area contributed by atoms with E-state index in [4.69, 9.17) is 4.74 Å². The summed E-state index contributed by atoms with van der Waals surface area (Å²) < 4.78 is 5.56. The maximum Gasteiger partial charge on any atom is 0.0731 e. The smallest absolute Gasteiger partial charge is 0.0731 e. The summed E-state index contributed by atoms with van der Waals surface area (Å²) in [6.07, 6.45) is 2.40. The molecule has 3 heterocycles. The summed E-state index contributed by atoms with van der Waals surface area (Å²) >= 11 is 0. The van der Waals surface area contributed by atoms with Gasteiger partial charge < -0.3 is 4.74 Å². The van der Waals surface area contributed by atoms with Crippen molar-refractivity contribution in [3.8, 4) is 0 Å². The van der Waals surface area contributed by atoms with Crippen LogP contribution in [0.4, 0.5) is 0 Å². The largest absolute Gasteiger partial charge is 0.372 e. The van der Waals surface area contributed by atoms with E-state index in [0.717, 1.165) is 13.1 Å². The summed E-state index contributed by atoms with van der Waals surface area (Å²) in [7, 11) is 0. The standard InChI is InChI=1S/C9H17NO/c1-9(2,3)10-5-7-4-8(6-10)11-7/h7-8H,4-6H2,1-3H3/t7-,8?/m0/s1. The van der Waals surface area contributed by atoms with Gasteiger partial charge in [0.2, 0.25) is 0 Å². The van der Waals surface area contributed by atoms with Crippen LogP contribution in [0.2, 0.25) is 0 Å². The van der Waals surface area contributed by atoms with Crippen LogP contribution in [0.25, 0.3) is 0 Å². The lowest BCUT2D eigenvalue weighted by Gasteiger charge is -2.51. The predicted octanol–water partition coefficient (Wildman–Crippen LogP) is 1.26. The minimum Gasteiger partial charge on any atom is -0.372 e. The van der Waals surface area contributed by atoms with E-state index in [-0.39, 0.29) is 0 Å². The van der Waals surface area contributed by atoms with Gasteiger partial charge in [0.05, 0.1) is 12.2 Å². The van der Waals surface area contributed by atoms with Gasteiger partial charge in [0.25, 0.3) is 0 Å². The van der Waals surface area contributed by atoms with Crippen molar-refractivity contribution in [3.63, 3.8) is 0 Å². The second-order valence-electron chi connectivity index (χ2n) is 4.69. The number of hydrogen-bond acceptors (Lipinski definition) is 2. The average molecular weight is 155 g/mol. The summed E-state index contributed by atoms with van der Waals surface area (Å²) in [4.78, 5) is 2.52. The maximum atomic E-state index is 5.56. The molecule has 0 amide bonds. The van der Waals surface area contributed by atoms with Crippen LogP contribution in [0.15, 0.2) is 0 Å². The molecule has 3 aliphatic heterocycles. The van der Waals surface area contributed by atoms with Gasteiger partial charge in [-0.2, -0.15) is 0 Å². The Bertz CT molecular complexity index is 145. The molecule has 11 heavy (non-hydrogen) atoms. The van der Waals surface area contributed by atoms with Crippen LogP contribution in [-0.4, -0.2) is 35.7 Å². The first-order chi connectivity index (χ1) is 5.05. The molecule has 2 heteroatoms. The van der Waals surface area contributed by atoms with E-state index in [9.17, 15) is 0 Å². The Labute approximate surface area is 68.5 Å². The topological polar surface area (TPSA) is 12.5 Å². The van der Waals surface area contributed by atoms with Crippen molar-refractivity contribution in [2.75, 3.05) is 13.1 Å². The van der Waals surface area contributed by atoms with Gasteiger partial charge in [-0.1, -0.05) is 0 Å². The molecule has 3 aliphatic rings. The molecule has 0 radical (unpaired) electrons. The third-order valence-electron chi connectivity index (χ3n) is 2.71. The Hall–Kier alpha value is -0.0800. The number of piperidine rings is 1. The van der Waals surface area contributed by atoms with E-state index in [1.807, 2.05) is 0 Å². The van der Waals surface area contributed by atoms with Gasteiger partial charge >= 0.3 is 0 Å². The highest BCUT2D eigenvalue weighted by molar-refractivity contribution is 4.93. The van der Waals surface area contributed by atoms with E-state index < -0.39 is 0 Å². The zero-order chi connectivity index (χ0) is 8.06.